The van der Waals surface area contributed by atoms with Gasteiger partial charge in [-0.1, -0.05) is 0 Å². The summed E-state index contributed by atoms with van der Waals surface area (Å²) in [5.41, 5.74) is 0.979. The largest absolute Gasteiger partial charge is 0.488 e. The number of halogens is 2. The van der Waals surface area contributed by atoms with E-state index >= 15 is 0 Å². The minimum Gasteiger partial charge on any atom is -0.488 e. The van der Waals surface area contributed by atoms with E-state index in [4.69, 9.17) is 14.6 Å². The van der Waals surface area contributed by atoms with Crippen molar-refractivity contribution >= 4 is 11.8 Å². The smallest absolute Gasteiger partial charge is 0.303 e. The molecule has 0 amide bonds. The van der Waals surface area contributed by atoms with Crippen molar-refractivity contribution in [1.29, 1.82) is 0 Å². The first-order chi connectivity index (χ1) is 13.1. The summed E-state index contributed by atoms with van der Waals surface area (Å²) in [6.07, 6.45) is 1.68. The van der Waals surface area contributed by atoms with Crippen LogP contribution in [0.2, 0.25) is 0 Å². The number of rotatable bonds is 7. The van der Waals surface area contributed by atoms with E-state index in [-0.39, 0.29) is 19.4 Å². The number of aliphatic carboxylic acids is 1. The molecule has 144 valence electrons. The summed E-state index contributed by atoms with van der Waals surface area (Å²) in [5.74, 6) is -2.51. The Morgan fingerprint density at radius 1 is 1.26 bits per heavy atom. The van der Waals surface area contributed by atoms with E-state index in [2.05, 4.69) is 4.98 Å². The highest BCUT2D eigenvalue weighted by Crippen LogP contribution is 2.33. The van der Waals surface area contributed by atoms with Crippen molar-refractivity contribution in [3.05, 3.63) is 42.1 Å². The number of hydrogen-bond acceptors (Lipinski definition) is 5. The predicted octanol–water partition coefficient (Wildman–Crippen LogP) is 3.11. The number of aromatic nitrogens is 1. The van der Waals surface area contributed by atoms with Gasteiger partial charge in [-0.15, -0.1) is 0 Å². The van der Waals surface area contributed by atoms with Crippen molar-refractivity contribution in [3.8, 4) is 16.9 Å². The van der Waals surface area contributed by atoms with Crippen molar-refractivity contribution in [2.75, 3.05) is 37.8 Å². The van der Waals surface area contributed by atoms with Crippen LogP contribution in [0.4, 0.5) is 14.6 Å². The minimum atomic E-state index is -0.984. The second-order valence-electron chi connectivity index (χ2n) is 6.09. The number of carboxylic acids is 1. The molecule has 0 radical (unpaired) electrons. The zero-order valence-electron chi connectivity index (χ0n) is 14.7. The third-order valence-corrected chi connectivity index (χ3v) is 4.19. The van der Waals surface area contributed by atoms with Gasteiger partial charge in [0.05, 0.1) is 19.8 Å². The predicted molar refractivity (Wildman–Crippen MR) is 95.0 cm³/mol. The van der Waals surface area contributed by atoms with Crippen LogP contribution in [0, 0.1) is 11.6 Å². The fraction of sp³-hybridized carbons (Fsp3) is 0.368. The topological polar surface area (TPSA) is 71.9 Å². The third kappa shape index (κ3) is 4.71. The monoisotopic (exact) mass is 378 g/mol. The summed E-state index contributed by atoms with van der Waals surface area (Å²) in [4.78, 5) is 16.9. The maximum absolute atomic E-state index is 14.4. The lowest BCUT2D eigenvalue weighted by Crippen LogP contribution is -2.37. The number of nitrogens with zero attached hydrogens (tertiary/aromatic N) is 2. The number of hydrogen-bond donors (Lipinski definition) is 1. The van der Waals surface area contributed by atoms with Gasteiger partial charge in [-0.3, -0.25) is 4.79 Å². The molecule has 1 N–H and O–H groups in total. The van der Waals surface area contributed by atoms with Gasteiger partial charge in [-0.25, -0.2) is 13.8 Å². The molecule has 0 atom stereocenters. The van der Waals surface area contributed by atoms with Crippen molar-refractivity contribution in [3.63, 3.8) is 0 Å². The fourth-order valence-electron chi connectivity index (χ4n) is 2.90. The second kappa shape index (κ2) is 8.77. The third-order valence-electron chi connectivity index (χ3n) is 4.19. The lowest BCUT2D eigenvalue weighted by atomic mass is 10.0. The summed E-state index contributed by atoms with van der Waals surface area (Å²) in [6.45, 7) is 2.37. The molecule has 1 fully saturated rings. The van der Waals surface area contributed by atoms with E-state index in [1.807, 2.05) is 4.90 Å². The van der Waals surface area contributed by atoms with Crippen LogP contribution in [0.5, 0.6) is 5.75 Å². The molecule has 1 aliphatic heterocycles. The zero-order valence-corrected chi connectivity index (χ0v) is 14.7. The quantitative estimate of drug-likeness (QED) is 0.747. The average molecular weight is 378 g/mol. The molecule has 0 bridgehead atoms. The highest BCUT2D eigenvalue weighted by atomic mass is 19.1. The number of morpholine rings is 1. The van der Waals surface area contributed by atoms with Crippen LogP contribution in [0.15, 0.2) is 30.5 Å². The van der Waals surface area contributed by atoms with Crippen LogP contribution in [-0.2, 0) is 9.53 Å². The molecule has 6 nitrogen and oxygen atoms in total. The summed E-state index contributed by atoms with van der Waals surface area (Å²) in [6, 6.07) is 5.89. The molecule has 1 saturated heterocycles. The highest BCUT2D eigenvalue weighted by Gasteiger charge is 2.20. The first kappa shape index (κ1) is 19.0. The first-order valence-corrected chi connectivity index (χ1v) is 8.68. The molecule has 0 aliphatic carbocycles. The number of pyridine rings is 1. The van der Waals surface area contributed by atoms with E-state index in [9.17, 15) is 13.6 Å². The fourth-order valence-corrected chi connectivity index (χ4v) is 2.90. The maximum atomic E-state index is 14.4. The number of carbonyl (C=O) groups is 1. The van der Waals surface area contributed by atoms with Crippen LogP contribution >= 0.6 is 0 Å². The molecular weight excluding hydrogens is 358 g/mol. The Morgan fingerprint density at radius 2 is 1.96 bits per heavy atom. The van der Waals surface area contributed by atoms with Gasteiger partial charge in [0.2, 0.25) is 0 Å². The van der Waals surface area contributed by atoms with Crippen molar-refractivity contribution in [2.24, 2.45) is 0 Å². The van der Waals surface area contributed by atoms with Gasteiger partial charge in [0.25, 0.3) is 0 Å². The first-order valence-electron chi connectivity index (χ1n) is 8.68. The van der Waals surface area contributed by atoms with Gasteiger partial charge < -0.3 is 19.5 Å². The number of carboxylic acid groups (broad SMARTS) is 1. The Labute approximate surface area is 155 Å². The van der Waals surface area contributed by atoms with Gasteiger partial charge in [0, 0.05) is 31.3 Å². The van der Waals surface area contributed by atoms with Crippen LogP contribution in [0.25, 0.3) is 11.1 Å². The highest BCUT2D eigenvalue weighted by molar-refractivity contribution is 5.76. The van der Waals surface area contributed by atoms with E-state index in [0.717, 1.165) is 0 Å². The number of anilines is 1. The Hall–Kier alpha value is -2.74. The molecule has 2 aromatic rings. The molecule has 2 heterocycles. The molecule has 0 unspecified atom stereocenters. The molecular formula is C19H20F2N2O4. The Bertz CT molecular complexity index is 787. The summed E-state index contributed by atoms with van der Waals surface area (Å²) in [5, 5.41) is 8.59. The van der Waals surface area contributed by atoms with E-state index in [1.165, 1.54) is 12.1 Å². The van der Waals surface area contributed by atoms with Gasteiger partial charge in [0.15, 0.2) is 17.4 Å². The van der Waals surface area contributed by atoms with Crippen LogP contribution in [0.3, 0.4) is 0 Å². The average Bonchev–Trinajstić information content (AvgIpc) is 2.67. The summed E-state index contributed by atoms with van der Waals surface area (Å²) in [7, 11) is 0. The van der Waals surface area contributed by atoms with Gasteiger partial charge >= 0.3 is 5.97 Å². The van der Waals surface area contributed by atoms with Crippen molar-refractivity contribution in [2.45, 2.75) is 12.8 Å². The second-order valence-corrected chi connectivity index (χ2v) is 6.09. The lowest BCUT2D eigenvalue weighted by Gasteiger charge is -2.29. The Morgan fingerprint density at radius 3 is 2.63 bits per heavy atom. The van der Waals surface area contributed by atoms with E-state index in [1.54, 1.807) is 18.3 Å². The van der Waals surface area contributed by atoms with Crippen LogP contribution < -0.4 is 9.64 Å². The molecule has 1 aromatic heterocycles. The SMILES string of the molecule is O=C(O)CCCOc1c(F)cc(-c2cccnc2N2CCOCC2)cc1F. The molecule has 27 heavy (non-hydrogen) atoms. The van der Waals surface area contributed by atoms with E-state index < -0.39 is 23.4 Å². The van der Waals surface area contributed by atoms with Gasteiger partial charge in [-0.05, 0) is 36.2 Å². The van der Waals surface area contributed by atoms with Gasteiger partial charge in [-0.2, -0.15) is 0 Å². The number of ether oxygens (including phenoxy) is 2. The van der Waals surface area contributed by atoms with Gasteiger partial charge in [0.1, 0.15) is 5.82 Å². The Kier molecular flexibility index (Phi) is 6.18. The molecule has 0 saturated carbocycles. The molecule has 3 rings (SSSR count). The standard InChI is InChI=1S/C19H20F2N2O4/c20-15-11-13(12-16(21)18(15)27-8-2-4-17(24)25)14-3-1-5-22-19(14)23-6-9-26-10-7-23/h1,3,5,11-12H,2,4,6-10H2,(H,24,25). The molecule has 0 spiro atoms. The normalized spacial score (nSPS) is 14.2. The molecule has 1 aromatic carbocycles. The summed E-state index contributed by atoms with van der Waals surface area (Å²) < 4.78 is 39.3. The number of benzene rings is 1. The Balaban J connectivity index is 1.83. The lowest BCUT2D eigenvalue weighted by molar-refractivity contribution is -0.137. The molecule has 1 aliphatic rings. The zero-order chi connectivity index (χ0) is 19.2. The van der Waals surface area contributed by atoms with E-state index in [0.29, 0.717) is 43.2 Å². The minimum absolute atomic E-state index is 0.0780. The van der Waals surface area contributed by atoms with Crippen LogP contribution in [0.1, 0.15) is 12.8 Å². The summed E-state index contributed by atoms with van der Waals surface area (Å²) >= 11 is 0. The van der Waals surface area contributed by atoms with Crippen molar-refractivity contribution < 1.29 is 28.2 Å². The molecule has 8 heteroatoms. The maximum Gasteiger partial charge on any atom is 0.303 e. The van der Waals surface area contributed by atoms with Crippen molar-refractivity contribution in [1.82, 2.24) is 4.98 Å². The van der Waals surface area contributed by atoms with Crippen LogP contribution in [-0.4, -0.2) is 49.0 Å².